The van der Waals surface area contributed by atoms with Crippen molar-refractivity contribution in [1.82, 2.24) is 0 Å². The lowest BCUT2D eigenvalue weighted by molar-refractivity contribution is -0.154. The first kappa shape index (κ1) is 43.1. The second kappa shape index (κ2) is 33.5. The molecule has 10 nitrogen and oxygen atoms in total. The van der Waals surface area contributed by atoms with Gasteiger partial charge in [-0.05, 0) is 6.42 Å². The number of esters is 1. The highest BCUT2D eigenvalue weighted by Gasteiger charge is 2.18. The Morgan fingerprint density at radius 1 is 0.500 bits per heavy atom. The zero-order valence-electron chi connectivity index (χ0n) is 27.9. The van der Waals surface area contributed by atoms with Gasteiger partial charge < -0.3 is 44.5 Å². The van der Waals surface area contributed by atoms with Crippen LogP contribution in [0.3, 0.4) is 0 Å². The molecule has 0 aromatic carbocycles. The zero-order valence-corrected chi connectivity index (χ0v) is 27.9. The average molecular weight is 637 g/mol. The molecule has 10 heteroatoms. The van der Waals surface area contributed by atoms with Gasteiger partial charge in [-0.2, -0.15) is 0 Å². The first-order valence-electron chi connectivity index (χ1n) is 17.6. The van der Waals surface area contributed by atoms with E-state index in [1.54, 1.807) is 0 Å². The van der Waals surface area contributed by atoms with E-state index in [0.717, 1.165) is 19.3 Å². The molecule has 0 fully saturated rings. The molecule has 0 spiro atoms. The Labute approximate surface area is 267 Å². The molecule has 0 aromatic heterocycles. The molecule has 0 aromatic rings. The van der Waals surface area contributed by atoms with Gasteiger partial charge in [-0.25, -0.2) is 0 Å². The third kappa shape index (κ3) is 29.8. The standard InChI is InChI=1S/C34H68O10/c1-2-3-4-5-6-7-8-9-10-11-12-13-14-15-16-17-18-19-20-21-34(40)44-29-33(27-41-25-30(38)22-35)43-28-32(24-37)42-26-31(39)23-36/h30-33,35-39H,2-29H2,1H3. The molecular formula is C34H68O10. The smallest absolute Gasteiger partial charge is 0.305 e. The molecule has 44 heavy (non-hydrogen) atoms. The SMILES string of the molecule is CCCCCCCCCCCCCCCCCCCCCC(=O)OCC(COCC(O)CO)OCC(CO)OCC(O)CO. The molecule has 0 saturated heterocycles. The Hall–Kier alpha value is -0.850. The molecule has 0 amide bonds. The highest BCUT2D eigenvalue weighted by Crippen LogP contribution is 2.15. The van der Waals surface area contributed by atoms with Crippen molar-refractivity contribution in [2.75, 3.05) is 52.9 Å². The van der Waals surface area contributed by atoms with Crippen LogP contribution in [0.25, 0.3) is 0 Å². The normalized spacial score (nSPS) is 14.4. The topological polar surface area (TPSA) is 155 Å². The van der Waals surface area contributed by atoms with Crippen LogP contribution in [0.5, 0.6) is 0 Å². The summed E-state index contributed by atoms with van der Waals surface area (Å²) < 4.78 is 21.8. The Morgan fingerprint density at radius 2 is 0.932 bits per heavy atom. The van der Waals surface area contributed by atoms with Crippen molar-refractivity contribution in [3.8, 4) is 0 Å². The monoisotopic (exact) mass is 636 g/mol. The highest BCUT2D eigenvalue weighted by molar-refractivity contribution is 5.69. The van der Waals surface area contributed by atoms with Gasteiger partial charge in [-0.15, -0.1) is 0 Å². The summed E-state index contributed by atoms with van der Waals surface area (Å²) in [6.45, 7) is 0.620. The lowest BCUT2D eigenvalue weighted by atomic mass is 10.0. The number of hydrogen-bond acceptors (Lipinski definition) is 10. The first-order valence-corrected chi connectivity index (χ1v) is 17.6. The summed E-state index contributed by atoms with van der Waals surface area (Å²) in [4.78, 5) is 12.3. The number of rotatable bonds is 35. The van der Waals surface area contributed by atoms with Crippen molar-refractivity contribution < 1.29 is 49.3 Å². The molecule has 0 aliphatic carbocycles. The van der Waals surface area contributed by atoms with Gasteiger partial charge in [0.15, 0.2) is 0 Å². The van der Waals surface area contributed by atoms with Crippen molar-refractivity contribution >= 4 is 5.97 Å². The van der Waals surface area contributed by atoms with E-state index >= 15 is 0 Å². The van der Waals surface area contributed by atoms with E-state index in [1.807, 2.05) is 0 Å². The van der Waals surface area contributed by atoms with Crippen LogP contribution in [0.4, 0.5) is 0 Å². The molecule has 4 unspecified atom stereocenters. The van der Waals surface area contributed by atoms with Crippen LogP contribution >= 0.6 is 0 Å². The fraction of sp³-hybridized carbons (Fsp3) is 0.971. The lowest BCUT2D eigenvalue weighted by Crippen LogP contribution is -2.35. The molecule has 0 saturated carbocycles. The fourth-order valence-electron chi connectivity index (χ4n) is 4.84. The molecule has 264 valence electrons. The van der Waals surface area contributed by atoms with Gasteiger partial charge in [0.2, 0.25) is 0 Å². The lowest BCUT2D eigenvalue weighted by Gasteiger charge is -2.22. The largest absolute Gasteiger partial charge is 0.463 e. The minimum atomic E-state index is -1.06. The van der Waals surface area contributed by atoms with Crippen LogP contribution in [-0.4, -0.2) is 109 Å². The third-order valence-corrected chi connectivity index (χ3v) is 7.70. The second-order valence-corrected chi connectivity index (χ2v) is 12.1. The number of aliphatic hydroxyl groups excluding tert-OH is 5. The number of hydrogen-bond donors (Lipinski definition) is 5. The Kier molecular flexibility index (Phi) is 32.9. The number of unbranched alkanes of at least 4 members (excludes halogenated alkanes) is 18. The Morgan fingerprint density at radius 3 is 1.39 bits per heavy atom. The van der Waals surface area contributed by atoms with E-state index in [-0.39, 0.29) is 45.6 Å². The maximum absolute atomic E-state index is 12.3. The molecular weight excluding hydrogens is 568 g/mol. The minimum Gasteiger partial charge on any atom is -0.463 e. The van der Waals surface area contributed by atoms with E-state index < -0.39 is 37.6 Å². The van der Waals surface area contributed by atoms with Crippen molar-refractivity contribution in [2.45, 2.75) is 160 Å². The van der Waals surface area contributed by atoms with E-state index in [2.05, 4.69) is 6.92 Å². The fourth-order valence-corrected chi connectivity index (χ4v) is 4.84. The summed E-state index contributed by atoms with van der Waals surface area (Å²) in [6.07, 6.45) is 21.5. The summed E-state index contributed by atoms with van der Waals surface area (Å²) in [6, 6.07) is 0. The van der Waals surface area contributed by atoms with E-state index in [4.69, 9.17) is 29.2 Å². The zero-order chi connectivity index (χ0) is 32.5. The van der Waals surface area contributed by atoms with E-state index in [0.29, 0.717) is 6.42 Å². The van der Waals surface area contributed by atoms with Gasteiger partial charge in [0, 0.05) is 6.42 Å². The number of aliphatic hydroxyl groups is 5. The summed E-state index contributed by atoms with van der Waals surface area (Å²) in [7, 11) is 0. The van der Waals surface area contributed by atoms with Crippen LogP contribution < -0.4 is 0 Å². The van der Waals surface area contributed by atoms with Crippen LogP contribution in [0.1, 0.15) is 135 Å². The Balaban J connectivity index is 3.87. The summed E-state index contributed by atoms with van der Waals surface area (Å²) in [5.74, 6) is -0.318. The Bertz CT molecular complexity index is 594. The van der Waals surface area contributed by atoms with Crippen molar-refractivity contribution in [2.24, 2.45) is 0 Å². The van der Waals surface area contributed by atoms with Crippen LogP contribution in [0.15, 0.2) is 0 Å². The maximum Gasteiger partial charge on any atom is 0.305 e. The number of carbonyl (C=O) groups is 1. The van der Waals surface area contributed by atoms with Crippen molar-refractivity contribution in [1.29, 1.82) is 0 Å². The average Bonchev–Trinajstić information content (AvgIpc) is 3.03. The van der Waals surface area contributed by atoms with Gasteiger partial charge in [-0.1, -0.05) is 122 Å². The van der Waals surface area contributed by atoms with Crippen molar-refractivity contribution in [3.05, 3.63) is 0 Å². The quantitative estimate of drug-likeness (QED) is 0.0482. The van der Waals surface area contributed by atoms with Gasteiger partial charge in [0.25, 0.3) is 0 Å². The first-order chi connectivity index (χ1) is 21.5. The predicted molar refractivity (Wildman–Crippen MR) is 173 cm³/mol. The number of carbonyl (C=O) groups excluding carboxylic acids is 1. The minimum absolute atomic E-state index is 0.00100. The van der Waals surface area contributed by atoms with Gasteiger partial charge in [-0.3, -0.25) is 4.79 Å². The van der Waals surface area contributed by atoms with Crippen LogP contribution in [-0.2, 0) is 23.7 Å². The molecule has 5 N–H and O–H groups in total. The molecule has 0 aliphatic rings. The molecule has 0 rings (SSSR count). The predicted octanol–water partition coefficient (Wildman–Crippen LogP) is 4.84. The second-order valence-electron chi connectivity index (χ2n) is 12.1. The molecule has 0 bridgehead atoms. The van der Waals surface area contributed by atoms with Crippen LogP contribution in [0.2, 0.25) is 0 Å². The molecule has 0 radical (unpaired) electrons. The molecule has 0 heterocycles. The summed E-state index contributed by atoms with van der Waals surface area (Å²) >= 11 is 0. The van der Waals surface area contributed by atoms with Gasteiger partial charge >= 0.3 is 5.97 Å². The summed E-state index contributed by atoms with van der Waals surface area (Å²) in [5.41, 5.74) is 0. The third-order valence-electron chi connectivity index (χ3n) is 7.70. The van der Waals surface area contributed by atoms with Gasteiger partial charge in [0.05, 0.1) is 46.2 Å². The number of ether oxygens (including phenoxy) is 4. The van der Waals surface area contributed by atoms with Crippen molar-refractivity contribution in [3.63, 3.8) is 0 Å². The summed E-state index contributed by atoms with van der Waals surface area (Å²) in [5, 5.41) is 46.2. The highest BCUT2D eigenvalue weighted by atomic mass is 16.6. The van der Waals surface area contributed by atoms with Crippen LogP contribution in [0, 0.1) is 0 Å². The molecule has 4 atom stereocenters. The molecule has 0 aliphatic heterocycles. The van der Waals surface area contributed by atoms with E-state index in [1.165, 1.54) is 103 Å². The van der Waals surface area contributed by atoms with E-state index in [9.17, 15) is 20.1 Å². The van der Waals surface area contributed by atoms with Gasteiger partial charge in [0.1, 0.15) is 31.0 Å². The maximum atomic E-state index is 12.3.